The topological polar surface area (TPSA) is 21.3 Å². The van der Waals surface area contributed by atoms with Crippen LogP contribution in [0.2, 0.25) is 10.0 Å². The predicted octanol–water partition coefficient (Wildman–Crippen LogP) is 5.29. The molecule has 0 aliphatic rings. The van der Waals surface area contributed by atoms with Crippen LogP contribution in [0, 0.1) is 0 Å². The van der Waals surface area contributed by atoms with Gasteiger partial charge in [0.15, 0.2) is 0 Å². The summed E-state index contributed by atoms with van der Waals surface area (Å²) in [6.07, 6.45) is 1.12. The second kappa shape index (κ2) is 7.53. The molecule has 0 bridgehead atoms. The lowest BCUT2D eigenvalue weighted by Gasteiger charge is -2.09. The molecular formula is C16H17Cl2NO. The van der Waals surface area contributed by atoms with E-state index in [1.165, 1.54) is 5.56 Å². The van der Waals surface area contributed by atoms with E-state index in [2.05, 4.69) is 18.3 Å². The Morgan fingerprint density at radius 1 is 1.00 bits per heavy atom. The van der Waals surface area contributed by atoms with Crippen LogP contribution in [0.5, 0.6) is 11.5 Å². The number of rotatable bonds is 6. The van der Waals surface area contributed by atoms with Crippen LogP contribution in [0.15, 0.2) is 42.5 Å². The summed E-state index contributed by atoms with van der Waals surface area (Å²) in [6.45, 7) is 4.00. The van der Waals surface area contributed by atoms with Crippen LogP contribution in [0.3, 0.4) is 0 Å². The fourth-order valence-corrected chi connectivity index (χ4v) is 2.09. The summed E-state index contributed by atoms with van der Waals surface area (Å²) in [5.74, 6) is 1.47. The Morgan fingerprint density at radius 2 is 1.80 bits per heavy atom. The average molecular weight is 310 g/mol. The van der Waals surface area contributed by atoms with Crippen LogP contribution in [0.25, 0.3) is 0 Å². The molecule has 4 heteroatoms. The molecule has 20 heavy (non-hydrogen) atoms. The fraction of sp³-hybridized carbons (Fsp3) is 0.250. The maximum absolute atomic E-state index is 5.97. The highest BCUT2D eigenvalue weighted by atomic mass is 35.5. The Kier molecular flexibility index (Phi) is 5.72. The molecule has 0 radical (unpaired) electrons. The zero-order valence-electron chi connectivity index (χ0n) is 11.3. The maximum Gasteiger partial charge on any atom is 0.129 e. The summed E-state index contributed by atoms with van der Waals surface area (Å²) in [4.78, 5) is 0. The zero-order chi connectivity index (χ0) is 14.4. The number of hydrogen-bond acceptors (Lipinski definition) is 2. The highest BCUT2D eigenvalue weighted by Crippen LogP contribution is 2.29. The van der Waals surface area contributed by atoms with Gasteiger partial charge >= 0.3 is 0 Å². The molecule has 0 unspecified atom stereocenters. The van der Waals surface area contributed by atoms with Gasteiger partial charge in [0, 0.05) is 12.6 Å². The van der Waals surface area contributed by atoms with Crippen molar-refractivity contribution in [1.29, 1.82) is 0 Å². The molecule has 2 rings (SSSR count). The lowest BCUT2D eigenvalue weighted by atomic mass is 10.2. The summed E-state index contributed by atoms with van der Waals surface area (Å²) in [7, 11) is 0. The SMILES string of the molecule is CCCNCc1cccc(Oc2ccc(Cl)c(Cl)c2)c1. The Balaban J connectivity index is 2.05. The third kappa shape index (κ3) is 4.41. The first-order valence-electron chi connectivity index (χ1n) is 6.61. The molecule has 0 aliphatic heterocycles. The van der Waals surface area contributed by atoms with Gasteiger partial charge in [0.05, 0.1) is 10.0 Å². The minimum Gasteiger partial charge on any atom is -0.457 e. The van der Waals surface area contributed by atoms with E-state index in [1.54, 1.807) is 18.2 Å². The third-order valence-corrected chi connectivity index (χ3v) is 3.52. The average Bonchev–Trinajstić information content (AvgIpc) is 2.44. The summed E-state index contributed by atoms with van der Waals surface area (Å²) in [5, 5.41) is 4.38. The van der Waals surface area contributed by atoms with Crippen LogP contribution >= 0.6 is 23.2 Å². The molecule has 0 spiro atoms. The smallest absolute Gasteiger partial charge is 0.129 e. The minimum atomic E-state index is 0.491. The van der Waals surface area contributed by atoms with Gasteiger partial charge in [-0.3, -0.25) is 0 Å². The van der Waals surface area contributed by atoms with Gasteiger partial charge in [-0.15, -0.1) is 0 Å². The Hall–Kier alpha value is -1.22. The van der Waals surface area contributed by atoms with Crippen LogP contribution in [-0.4, -0.2) is 6.54 Å². The fourth-order valence-electron chi connectivity index (χ4n) is 1.80. The predicted molar refractivity (Wildman–Crippen MR) is 85.0 cm³/mol. The van der Waals surface area contributed by atoms with E-state index < -0.39 is 0 Å². The number of hydrogen-bond donors (Lipinski definition) is 1. The number of nitrogens with one attached hydrogen (secondary N) is 1. The molecule has 0 heterocycles. The zero-order valence-corrected chi connectivity index (χ0v) is 12.8. The number of benzene rings is 2. The quantitative estimate of drug-likeness (QED) is 0.732. The van der Waals surface area contributed by atoms with Crippen molar-refractivity contribution in [2.24, 2.45) is 0 Å². The maximum atomic E-state index is 5.97. The van der Waals surface area contributed by atoms with E-state index in [0.29, 0.717) is 15.8 Å². The van der Waals surface area contributed by atoms with E-state index in [9.17, 15) is 0 Å². The van der Waals surface area contributed by atoms with E-state index in [1.807, 2.05) is 18.2 Å². The normalized spacial score (nSPS) is 10.6. The third-order valence-electron chi connectivity index (χ3n) is 2.78. The van der Waals surface area contributed by atoms with Crippen molar-refractivity contribution in [1.82, 2.24) is 5.32 Å². The van der Waals surface area contributed by atoms with Crippen LogP contribution in [-0.2, 0) is 6.54 Å². The van der Waals surface area contributed by atoms with Crippen molar-refractivity contribution in [3.63, 3.8) is 0 Å². The molecule has 1 N–H and O–H groups in total. The monoisotopic (exact) mass is 309 g/mol. The second-order valence-electron chi connectivity index (χ2n) is 4.50. The second-order valence-corrected chi connectivity index (χ2v) is 5.32. The molecule has 0 fully saturated rings. The summed E-state index contributed by atoms with van der Waals surface area (Å²) < 4.78 is 5.79. The molecule has 2 nitrogen and oxygen atoms in total. The molecule has 0 atom stereocenters. The Bertz CT molecular complexity index is 572. The van der Waals surface area contributed by atoms with Gasteiger partial charge in [0.2, 0.25) is 0 Å². The van der Waals surface area contributed by atoms with Gasteiger partial charge in [-0.05, 0) is 42.8 Å². The first-order valence-corrected chi connectivity index (χ1v) is 7.37. The molecule has 2 aromatic carbocycles. The van der Waals surface area contributed by atoms with Gasteiger partial charge in [-0.25, -0.2) is 0 Å². The summed E-state index contributed by atoms with van der Waals surface area (Å²) >= 11 is 11.9. The van der Waals surface area contributed by atoms with Crippen molar-refractivity contribution in [2.75, 3.05) is 6.54 Å². The van der Waals surface area contributed by atoms with Gasteiger partial charge < -0.3 is 10.1 Å². The molecule has 0 saturated heterocycles. The largest absolute Gasteiger partial charge is 0.457 e. The van der Waals surface area contributed by atoms with E-state index in [4.69, 9.17) is 27.9 Å². The highest BCUT2D eigenvalue weighted by Gasteiger charge is 2.02. The summed E-state index contributed by atoms with van der Waals surface area (Å²) in [5.41, 5.74) is 1.19. The molecule has 0 saturated carbocycles. The van der Waals surface area contributed by atoms with Crippen molar-refractivity contribution in [3.05, 3.63) is 58.1 Å². The van der Waals surface area contributed by atoms with Gasteiger partial charge in [-0.1, -0.05) is 42.3 Å². The van der Waals surface area contributed by atoms with Crippen LogP contribution in [0.4, 0.5) is 0 Å². The molecule has 106 valence electrons. The summed E-state index contributed by atoms with van der Waals surface area (Å²) in [6, 6.07) is 13.2. The molecule has 0 aliphatic carbocycles. The van der Waals surface area contributed by atoms with Crippen molar-refractivity contribution in [3.8, 4) is 11.5 Å². The van der Waals surface area contributed by atoms with Crippen molar-refractivity contribution >= 4 is 23.2 Å². The first-order chi connectivity index (χ1) is 9.69. The van der Waals surface area contributed by atoms with Crippen LogP contribution < -0.4 is 10.1 Å². The molecule has 0 amide bonds. The molecule has 2 aromatic rings. The lowest BCUT2D eigenvalue weighted by molar-refractivity contribution is 0.481. The van der Waals surface area contributed by atoms with Gasteiger partial charge in [0.25, 0.3) is 0 Å². The van der Waals surface area contributed by atoms with E-state index in [0.717, 1.165) is 25.3 Å². The first kappa shape index (κ1) is 15.2. The van der Waals surface area contributed by atoms with Gasteiger partial charge in [-0.2, -0.15) is 0 Å². The van der Waals surface area contributed by atoms with Crippen LogP contribution in [0.1, 0.15) is 18.9 Å². The lowest BCUT2D eigenvalue weighted by Crippen LogP contribution is -2.13. The standard InChI is InChI=1S/C16H17Cl2NO/c1-2-8-19-11-12-4-3-5-13(9-12)20-14-6-7-15(17)16(18)10-14/h3-7,9-10,19H,2,8,11H2,1H3. The molecule has 0 aromatic heterocycles. The van der Waals surface area contributed by atoms with Crippen molar-refractivity contribution < 1.29 is 4.74 Å². The van der Waals surface area contributed by atoms with Gasteiger partial charge in [0.1, 0.15) is 11.5 Å². The van der Waals surface area contributed by atoms with Crippen molar-refractivity contribution in [2.45, 2.75) is 19.9 Å². The van der Waals surface area contributed by atoms with E-state index >= 15 is 0 Å². The number of halogens is 2. The highest BCUT2D eigenvalue weighted by molar-refractivity contribution is 6.42. The Morgan fingerprint density at radius 3 is 2.55 bits per heavy atom. The number of ether oxygens (including phenoxy) is 1. The molecular weight excluding hydrogens is 293 g/mol. The van der Waals surface area contributed by atoms with E-state index in [-0.39, 0.29) is 0 Å². The minimum absolute atomic E-state index is 0.491. The Labute approximate surface area is 129 Å².